The zero-order chi connectivity index (χ0) is 14.4. The molecule has 3 nitrogen and oxygen atoms in total. The maximum absolute atomic E-state index is 13.1. The van der Waals surface area contributed by atoms with Gasteiger partial charge in [-0.05, 0) is 49.6 Å². The second-order valence-electron chi connectivity index (χ2n) is 4.99. The molecule has 2 atom stereocenters. The standard InChI is InChI=1S/C16H20FNO2/c1-12(7-8-13-4-2-5-14(17)10-13)18-15(11-19)16-6-3-9-20-16/h2-6,9-10,12,15,18-19H,7-8,11H2,1H3. The van der Waals surface area contributed by atoms with Crippen molar-refractivity contribution in [2.75, 3.05) is 6.61 Å². The Kier molecular flexibility index (Phi) is 5.32. The molecule has 0 saturated carbocycles. The SMILES string of the molecule is CC(CCc1cccc(F)c1)NC(CO)c1ccco1. The molecule has 1 heterocycles. The fourth-order valence-corrected chi connectivity index (χ4v) is 2.22. The first-order chi connectivity index (χ1) is 9.69. The van der Waals surface area contributed by atoms with Gasteiger partial charge in [-0.3, -0.25) is 0 Å². The van der Waals surface area contributed by atoms with Crippen molar-refractivity contribution in [2.45, 2.75) is 31.8 Å². The molecular weight excluding hydrogens is 257 g/mol. The lowest BCUT2D eigenvalue weighted by Gasteiger charge is -2.20. The molecule has 0 fully saturated rings. The summed E-state index contributed by atoms with van der Waals surface area (Å²) in [6, 6.07) is 10.3. The van der Waals surface area contributed by atoms with E-state index in [1.807, 2.05) is 19.1 Å². The summed E-state index contributed by atoms with van der Waals surface area (Å²) in [5.74, 6) is 0.525. The van der Waals surface area contributed by atoms with Crippen LogP contribution in [0.5, 0.6) is 0 Å². The Morgan fingerprint density at radius 2 is 2.15 bits per heavy atom. The van der Waals surface area contributed by atoms with Crippen molar-refractivity contribution >= 4 is 0 Å². The first-order valence-electron chi connectivity index (χ1n) is 6.84. The smallest absolute Gasteiger partial charge is 0.123 e. The van der Waals surface area contributed by atoms with E-state index in [1.165, 1.54) is 6.07 Å². The van der Waals surface area contributed by atoms with E-state index < -0.39 is 0 Å². The Labute approximate surface area is 118 Å². The van der Waals surface area contributed by atoms with Crippen molar-refractivity contribution in [3.8, 4) is 0 Å². The van der Waals surface area contributed by atoms with Gasteiger partial charge in [0, 0.05) is 6.04 Å². The molecule has 0 aliphatic rings. The molecule has 2 aromatic rings. The molecule has 0 saturated heterocycles. The monoisotopic (exact) mass is 277 g/mol. The molecule has 0 bridgehead atoms. The highest BCUT2D eigenvalue weighted by molar-refractivity contribution is 5.16. The Morgan fingerprint density at radius 1 is 1.30 bits per heavy atom. The van der Waals surface area contributed by atoms with Gasteiger partial charge in [0.25, 0.3) is 0 Å². The lowest BCUT2D eigenvalue weighted by molar-refractivity contribution is 0.215. The second-order valence-corrected chi connectivity index (χ2v) is 4.99. The molecule has 108 valence electrons. The number of aliphatic hydroxyl groups is 1. The minimum Gasteiger partial charge on any atom is -0.468 e. The first kappa shape index (κ1) is 14.8. The van der Waals surface area contributed by atoms with Crippen LogP contribution in [0.3, 0.4) is 0 Å². The highest BCUT2D eigenvalue weighted by atomic mass is 19.1. The van der Waals surface area contributed by atoms with Crippen molar-refractivity contribution in [3.05, 3.63) is 59.8 Å². The van der Waals surface area contributed by atoms with Crippen LogP contribution >= 0.6 is 0 Å². The summed E-state index contributed by atoms with van der Waals surface area (Å²) in [5, 5.41) is 12.7. The molecule has 1 aromatic carbocycles. The van der Waals surface area contributed by atoms with E-state index >= 15 is 0 Å². The average molecular weight is 277 g/mol. The summed E-state index contributed by atoms with van der Waals surface area (Å²) < 4.78 is 18.4. The van der Waals surface area contributed by atoms with Crippen LogP contribution in [0, 0.1) is 5.82 Å². The van der Waals surface area contributed by atoms with Gasteiger partial charge in [0.05, 0.1) is 18.9 Å². The molecule has 0 spiro atoms. The highest BCUT2D eigenvalue weighted by Gasteiger charge is 2.15. The summed E-state index contributed by atoms with van der Waals surface area (Å²) in [6.07, 6.45) is 3.25. The predicted octanol–water partition coefficient (Wildman–Crippen LogP) is 3.06. The van der Waals surface area contributed by atoms with Gasteiger partial charge in [0.2, 0.25) is 0 Å². The number of rotatable bonds is 7. The van der Waals surface area contributed by atoms with Crippen molar-refractivity contribution in [3.63, 3.8) is 0 Å². The highest BCUT2D eigenvalue weighted by Crippen LogP contribution is 2.15. The molecular formula is C16H20FNO2. The van der Waals surface area contributed by atoms with Gasteiger partial charge in [-0.1, -0.05) is 12.1 Å². The van der Waals surface area contributed by atoms with Gasteiger partial charge in [0.1, 0.15) is 11.6 Å². The fraction of sp³-hybridized carbons (Fsp3) is 0.375. The Bertz CT molecular complexity index is 513. The molecule has 2 rings (SSSR count). The summed E-state index contributed by atoms with van der Waals surface area (Å²) in [4.78, 5) is 0. The van der Waals surface area contributed by atoms with Crippen LogP contribution in [-0.4, -0.2) is 17.8 Å². The van der Waals surface area contributed by atoms with Gasteiger partial charge in [-0.25, -0.2) is 4.39 Å². The maximum atomic E-state index is 13.1. The quantitative estimate of drug-likeness (QED) is 0.817. The summed E-state index contributed by atoms with van der Waals surface area (Å²) in [6.45, 7) is 2.03. The normalized spacial score (nSPS) is 14.2. The molecule has 0 aliphatic carbocycles. The topological polar surface area (TPSA) is 45.4 Å². The van der Waals surface area contributed by atoms with Crippen LogP contribution in [0.25, 0.3) is 0 Å². The van der Waals surface area contributed by atoms with Crippen molar-refractivity contribution in [1.82, 2.24) is 5.32 Å². The molecule has 1 aromatic heterocycles. The van der Waals surface area contributed by atoms with Crippen molar-refractivity contribution in [1.29, 1.82) is 0 Å². The van der Waals surface area contributed by atoms with Gasteiger partial charge >= 0.3 is 0 Å². The molecule has 0 amide bonds. The third-order valence-electron chi connectivity index (χ3n) is 3.31. The molecule has 20 heavy (non-hydrogen) atoms. The predicted molar refractivity (Wildman–Crippen MR) is 75.9 cm³/mol. The molecule has 4 heteroatoms. The average Bonchev–Trinajstić information content (AvgIpc) is 2.96. The third kappa shape index (κ3) is 4.18. The van der Waals surface area contributed by atoms with E-state index in [-0.39, 0.29) is 24.5 Å². The van der Waals surface area contributed by atoms with E-state index in [0.717, 1.165) is 24.2 Å². The number of nitrogens with one attached hydrogen (secondary N) is 1. The van der Waals surface area contributed by atoms with Crippen LogP contribution in [0.2, 0.25) is 0 Å². The van der Waals surface area contributed by atoms with Crippen molar-refractivity contribution < 1.29 is 13.9 Å². The number of benzene rings is 1. The second kappa shape index (κ2) is 7.22. The van der Waals surface area contributed by atoms with E-state index in [1.54, 1.807) is 24.5 Å². The summed E-state index contributed by atoms with van der Waals surface area (Å²) in [5.41, 5.74) is 0.984. The summed E-state index contributed by atoms with van der Waals surface area (Å²) >= 11 is 0. The minimum absolute atomic E-state index is 0.0161. The largest absolute Gasteiger partial charge is 0.468 e. The van der Waals surface area contributed by atoms with E-state index in [4.69, 9.17) is 4.42 Å². The van der Waals surface area contributed by atoms with Gasteiger partial charge < -0.3 is 14.8 Å². The first-order valence-corrected chi connectivity index (χ1v) is 6.84. The molecule has 0 aliphatic heterocycles. The van der Waals surface area contributed by atoms with Crippen LogP contribution in [-0.2, 0) is 6.42 Å². The minimum atomic E-state index is -0.202. The van der Waals surface area contributed by atoms with E-state index in [2.05, 4.69) is 5.32 Å². The third-order valence-corrected chi connectivity index (χ3v) is 3.31. The van der Waals surface area contributed by atoms with Crippen molar-refractivity contribution in [2.24, 2.45) is 0 Å². The van der Waals surface area contributed by atoms with Gasteiger partial charge in [0.15, 0.2) is 0 Å². The molecule has 2 unspecified atom stereocenters. The van der Waals surface area contributed by atoms with E-state index in [9.17, 15) is 9.50 Å². The van der Waals surface area contributed by atoms with Gasteiger partial charge in [-0.15, -0.1) is 0 Å². The number of aliphatic hydroxyl groups excluding tert-OH is 1. The number of hydrogen-bond acceptors (Lipinski definition) is 3. The Hall–Kier alpha value is -1.65. The van der Waals surface area contributed by atoms with Crippen LogP contribution in [0.1, 0.15) is 30.7 Å². The number of halogens is 1. The number of aryl methyl sites for hydroxylation is 1. The Balaban J connectivity index is 1.84. The Morgan fingerprint density at radius 3 is 2.80 bits per heavy atom. The lowest BCUT2D eigenvalue weighted by Crippen LogP contribution is -2.32. The number of hydrogen-bond donors (Lipinski definition) is 2. The van der Waals surface area contributed by atoms with Crippen LogP contribution in [0.4, 0.5) is 4.39 Å². The summed E-state index contributed by atoms with van der Waals surface area (Å²) in [7, 11) is 0. The molecule has 2 N–H and O–H groups in total. The zero-order valence-electron chi connectivity index (χ0n) is 11.6. The lowest BCUT2D eigenvalue weighted by atomic mass is 10.1. The maximum Gasteiger partial charge on any atom is 0.123 e. The van der Waals surface area contributed by atoms with Gasteiger partial charge in [-0.2, -0.15) is 0 Å². The fourth-order valence-electron chi connectivity index (χ4n) is 2.22. The van der Waals surface area contributed by atoms with E-state index in [0.29, 0.717) is 0 Å². The van der Waals surface area contributed by atoms with Crippen LogP contribution in [0.15, 0.2) is 47.1 Å². The zero-order valence-corrected chi connectivity index (χ0v) is 11.6. The number of furan rings is 1. The van der Waals surface area contributed by atoms with Crippen LogP contribution < -0.4 is 5.32 Å². The molecule has 0 radical (unpaired) electrons.